The first-order valence-corrected chi connectivity index (χ1v) is 6.95. The van der Waals surface area contributed by atoms with Gasteiger partial charge >= 0.3 is 6.18 Å². The first-order chi connectivity index (χ1) is 10.4. The molecule has 2 rings (SSSR count). The predicted octanol–water partition coefficient (Wildman–Crippen LogP) is 4.84. The van der Waals surface area contributed by atoms with Crippen molar-refractivity contribution >= 4 is 11.6 Å². The largest absolute Gasteiger partial charge is 0.416 e. The molecule has 1 N–H and O–H groups in total. The molecular weight excluding hydrogens is 291 g/mol. The Morgan fingerprint density at radius 1 is 1.05 bits per heavy atom. The summed E-state index contributed by atoms with van der Waals surface area (Å²) in [6, 6.07) is 13.7. The van der Waals surface area contributed by atoms with Gasteiger partial charge in [-0.1, -0.05) is 37.3 Å². The molecular formula is C17H16F3NO. The van der Waals surface area contributed by atoms with Gasteiger partial charge in [-0.05, 0) is 36.2 Å². The van der Waals surface area contributed by atoms with E-state index in [2.05, 4.69) is 5.32 Å². The quantitative estimate of drug-likeness (QED) is 0.860. The summed E-state index contributed by atoms with van der Waals surface area (Å²) in [5.41, 5.74) is 0.502. The third-order valence-electron chi connectivity index (χ3n) is 3.41. The third kappa shape index (κ3) is 3.87. The molecule has 0 saturated carbocycles. The molecule has 0 saturated heterocycles. The molecule has 22 heavy (non-hydrogen) atoms. The summed E-state index contributed by atoms with van der Waals surface area (Å²) in [5, 5.41) is 2.66. The number of alkyl halides is 3. The monoisotopic (exact) mass is 307 g/mol. The standard InChI is InChI=1S/C17H16F3NO/c1-2-15(12-6-4-3-5-7-12)16(22)21-14-10-8-13(9-11-14)17(18,19)20/h3-11,15H,2H2,1H3,(H,21,22). The highest BCUT2D eigenvalue weighted by Crippen LogP contribution is 2.30. The Morgan fingerprint density at radius 2 is 1.64 bits per heavy atom. The Balaban J connectivity index is 2.11. The van der Waals surface area contributed by atoms with E-state index in [0.717, 1.165) is 17.7 Å². The van der Waals surface area contributed by atoms with Crippen molar-refractivity contribution in [2.45, 2.75) is 25.4 Å². The molecule has 2 aromatic carbocycles. The lowest BCUT2D eigenvalue weighted by atomic mass is 9.95. The van der Waals surface area contributed by atoms with Crippen LogP contribution < -0.4 is 5.32 Å². The van der Waals surface area contributed by atoms with Crippen LogP contribution >= 0.6 is 0 Å². The van der Waals surface area contributed by atoms with Gasteiger partial charge in [0.15, 0.2) is 0 Å². The molecule has 0 aromatic heterocycles. The zero-order valence-electron chi connectivity index (χ0n) is 12.0. The maximum Gasteiger partial charge on any atom is 0.416 e. The molecule has 0 fully saturated rings. The molecule has 0 radical (unpaired) electrons. The molecule has 5 heteroatoms. The number of halogens is 3. The highest BCUT2D eigenvalue weighted by molar-refractivity contribution is 5.95. The van der Waals surface area contributed by atoms with Crippen molar-refractivity contribution in [3.05, 3.63) is 65.7 Å². The fraction of sp³-hybridized carbons (Fsp3) is 0.235. The molecule has 0 aliphatic carbocycles. The smallest absolute Gasteiger partial charge is 0.326 e. The number of anilines is 1. The molecule has 116 valence electrons. The second-order valence-corrected chi connectivity index (χ2v) is 4.94. The van der Waals surface area contributed by atoms with E-state index in [4.69, 9.17) is 0 Å². The number of nitrogens with one attached hydrogen (secondary N) is 1. The summed E-state index contributed by atoms with van der Waals surface area (Å²) in [6.45, 7) is 1.89. The number of rotatable bonds is 4. The molecule has 0 heterocycles. The molecule has 1 amide bonds. The van der Waals surface area contributed by atoms with Crippen LogP contribution in [-0.4, -0.2) is 5.91 Å². The summed E-state index contributed by atoms with van der Waals surface area (Å²) in [6.07, 6.45) is -3.77. The second-order valence-electron chi connectivity index (χ2n) is 4.94. The van der Waals surface area contributed by atoms with Crippen molar-refractivity contribution in [1.82, 2.24) is 0 Å². The van der Waals surface area contributed by atoms with Gasteiger partial charge in [-0.3, -0.25) is 4.79 Å². The van der Waals surface area contributed by atoms with Gasteiger partial charge < -0.3 is 5.32 Å². The van der Waals surface area contributed by atoms with Gasteiger partial charge in [0.05, 0.1) is 11.5 Å². The van der Waals surface area contributed by atoms with Crippen molar-refractivity contribution in [3.63, 3.8) is 0 Å². The number of amides is 1. The second kappa shape index (κ2) is 6.64. The van der Waals surface area contributed by atoms with Gasteiger partial charge in [-0.2, -0.15) is 13.2 Å². The van der Waals surface area contributed by atoms with E-state index < -0.39 is 11.7 Å². The topological polar surface area (TPSA) is 29.1 Å². The molecule has 0 aliphatic rings. The molecule has 0 aliphatic heterocycles. The Labute approximate surface area is 127 Å². The van der Waals surface area contributed by atoms with Crippen molar-refractivity contribution in [3.8, 4) is 0 Å². The maximum atomic E-state index is 12.5. The van der Waals surface area contributed by atoms with E-state index in [1.807, 2.05) is 37.3 Å². The van der Waals surface area contributed by atoms with Crippen molar-refractivity contribution in [2.24, 2.45) is 0 Å². The molecule has 0 spiro atoms. The minimum absolute atomic E-state index is 0.228. The van der Waals surface area contributed by atoms with Crippen molar-refractivity contribution in [1.29, 1.82) is 0 Å². The zero-order chi connectivity index (χ0) is 16.2. The van der Waals surface area contributed by atoms with Crippen LogP contribution in [0.25, 0.3) is 0 Å². The first-order valence-electron chi connectivity index (χ1n) is 6.95. The average Bonchev–Trinajstić information content (AvgIpc) is 2.48. The van der Waals surface area contributed by atoms with Gasteiger partial charge in [0, 0.05) is 5.69 Å². The fourth-order valence-corrected chi connectivity index (χ4v) is 2.23. The summed E-state index contributed by atoms with van der Waals surface area (Å²) < 4.78 is 37.5. The lowest BCUT2D eigenvalue weighted by Crippen LogP contribution is -2.20. The summed E-state index contributed by atoms with van der Waals surface area (Å²) in [7, 11) is 0. The Morgan fingerprint density at radius 3 is 2.14 bits per heavy atom. The average molecular weight is 307 g/mol. The summed E-state index contributed by atoms with van der Waals surface area (Å²) in [4.78, 5) is 12.3. The predicted molar refractivity (Wildman–Crippen MR) is 79.5 cm³/mol. The van der Waals surface area contributed by atoms with E-state index in [1.165, 1.54) is 12.1 Å². The van der Waals surface area contributed by atoms with E-state index in [1.54, 1.807) is 0 Å². The van der Waals surface area contributed by atoms with Gasteiger partial charge in [-0.25, -0.2) is 0 Å². The fourth-order valence-electron chi connectivity index (χ4n) is 2.23. The van der Waals surface area contributed by atoms with Gasteiger partial charge in [0.2, 0.25) is 5.91 Å². The van der Waals surface area contributed by atoms with E-state index in [9.17, 15) is 18.0 Å². The van der Waals surface area contributed by atoms with Crippen molar-refractivity contribution in [2.75, 3.05) is 5.32 Å². The van der Waals surface area contributed by atoms with Gasteiger partial charge in [0.1, 0.15) is 0 Å². The Bertz CT molecular complexity index is 621. The maximum absolute atomic E-state index is 12.5. The van der Waals surface area contributed by atoms with Crippen LogP contribution in [0.4, 0.5) is 18.9 Å². The van der Waals surface area contributed by atoms with E-state index >= 15 is 0 Å². The van der Waals surface area contributed by atoms with Crippen LogP contribution in [0.1, 0.15) is 30.4 Å². The Kier molecular flexibility index (Phi) is 4.85. The van der Waals surface area contributed by atoms with Crippen LogP contribution in [0.2, 0.25) is 0 Å². The van der Waals surface area contributed by atoms with Crippen LogP contribution in [0, 0.1) is 0 Å². The molecule has 2 nitrogen and oxygen atoms in total. The number of hydrogen-bond donors (Lipinski definition) is 1. The molecule has 2 aromatic rings. The molecule has 1 atom stereocenters. The zero-order valence-corrected chi connectivity index (χ0v) is 12.0. The highest BCUT2D eigenvalue weighted by atomic mass is 19.4. The lowest BCUT2D eigenvalue weighted by Gasteiger charge is -2.16. The number of benzene rings is 2. The minimum Gasteiger partial charge on any atom is -0.326 e. The van der Waals surface area contributed by atoms with Gasteiger partial charge in [-0.15, -0.1) is 0 Å². The SMILES string of the molecule is CCC(C(=O)Nc1ccc(C(F)(F)F)cc1)c1ccccc1. The third-order valence-corrected chi connectivity index (χ3v) is 3.41. The van der Waals surface area contributed by atoms with E-state index in [0.29, 0.717) is 12.1 Å². The number of carbonyl (C=O) groups excluding carboxylic acids is 1. The van der Waals surface area contributed by atoms with Crippen LogP contribution in [0.15, 0.2) is 54.6 Å². The summed E-state index contributed by atoms with van der Waals surface area (Å²) >= 11 is 0. The Hall–Kier alpha value is -2.30. The van der Waals surface area contributed by atoms with Crippen molar-refractivity contribution < 1.29 is 18.0 Å². The van der Waals surface area contributed by atoms with Crippen LogP contribution in [0.3, 0.4) is 0 Å². The van der Waals surface area contributed by atoms with Crippen LogP contribution in [-0.2, 0) is 11.0 Å². The highest BCUT2D eigenvalue weighted by Gasteiger charge is 2.30. The summed E-state index contributed by atoms with van der Waals surface area (Å²) in [5.74, 6) is -0.558. The normalized spacial score (nSPS) is 12.7. The number of hydrogen-bond acceptors (Lipinski definition) is 1. The molecule has 0 bridgehead atoms. The van der Waals surface area contributed by atoms with Crippen LogP contribution in [0.5, 0.6) is 0 Å². The lowest BCUT2D eigenvalue weighted by molar-refractivity contribution is -0.137. The molecule has 1 unspecified atom stereocenters. The van der Waals surface area contributed by atoms with E-state index in [-0.39, 0.29) is 11.8 Å². The van der Waals surface area contributed by atoms with Gasteiger partial charge in [0.25, 0.3) is 0 Å². The first kappa shape index (κ1) is 16.1. The minimum atomic E-state index is -4.38. The number of carbonyl (C=O) groups is 1.